The number of methoxy groups -OCH3 is 1. The van der Waals surface area contributed by atoms with Crippen LogP contribution in [0.2, 0.25) is 5.02 Å². The van der Waals surface area contributed by atoms with E-state index in [1.807, 2.05) is 24.3 Å². The zero-order valence-corrected chi connectivity index (χ0v) is 21.9. The number of nitrogens with one attached hydrogen (secondary N) is 2. The van der Waals surface area contributed by atoms with E-state index in [2.05, 4.69) is 47.7 Å². The summed E-state index contributed by atoms with van der Waals surface area (Å²) < 4.78 is 13.0. The molecule has 0 atom stereocenters. The third-order valence-electron chi connectivity index (χ3n) is 4.40. The standard InChI is InChI=1S/C24H20Br2ClN3O4/c1-33-21-11-16(10-20(26)24(21)34-14-15-2-4-17(25)5-3-15)13-28-30-23(32)12-22(31)29-19-8-6-18(27)7-9-19/h2-11,13H,12,14H2,1H3,(H,29,31)(H,30,32). The summed E-state index contributed by atoms with van der Waals surface area (Å²) in [6.07, 6.45) is 1.07. The number of benzene rings is 3. The quantitative estimate of drug-likeness (QED) is 0.179. The molecule has 0 saturated carbocycles. The maximum absolute atomic E-state index is 12.0. The van der Waals surface area contributed by atoms with Crippen molar-refractivity contribution >= 4 is 67.2 Å². The van der Waals surface area contributed by atoms with Gasteiger partial charge in [0.25, 0.3) is 0 Å². The summed E-state index contributed by atoms with van der Waals surface area (Å²) in [4.78, 5) is 24.0. The first kappa shape index (κ1) is 25.7. The molecule has 0 radical (unpaired) electrons. The molecule has 0 heterocycles. The van der Waals surface area contributed by atoms with Crippen LogP contribution in [0.3, 0.4) is 0 Å². The Morgan fingerprint density at radius 1 is 1.03 bits per heavy atom. The van der Waals surface area contributed by atoms with E-state index >= 15 is 0 Å². The minimum absolute atomic E-state index is 0.365. The van der Waals surface area contributed by atoms with Gasteiger partial charge in [0.05, 0.1) is 17.8 Å². The molecule has 2 N–H and O–H groups in total. The highest BCUT2D eigenvalue weighted by Gasteiger charge is 2.12. The molecule has 0 fully saturated rings. The maximum atomic E-state index is 12.0. The lowest BCUT2D eigenvalue weighted by molar-refractivity contribution is -0.126. The summed E-state index contributed by atoms with van der Waals surface area (Å²) in [6.45, 7) is 0.365. The SMILES string of the molecule is COc1cc(C=NNC(=O)CC(=O)Nc2ccc(Cl)cc2)cc(Br)c1OCc1ccc(Br)cc1. The van der Waals surface area contributed by atoms with Gasteiger partial charge < -0.3 is 14.8 Å². The fourth-order valence-electron chi connectivity index (χ4n) is 2.79. The van der Waals surface area contributed by atoms with Gasteiger partial charge in [-0.25, -0.2) is 5.43 Å². The lowest BCUT2D eigenvalue weighted by Crippen LogP contribution is -2.24. The van der Waals surface area contributed by atoms with Crippen molar-refractivity contribution in [1.29, 1.82) is 0 Å². The van der Waals surface area contributed by atoms with Crippen molar-refractivity contribution in [1.82, 2.24) is 5.43 Å². The maximum Gasteiger partial charge on any atom is 0.249 e. The highest BCUT2D eigenvalue weighted by Crippen LogP contribution is 2.37. The number of rotatable bonds is 9. The topological polar surface area (TPSA) is 89.0 Å². The minimum atomic E-state index is -0.553. The number of carbonyl (C=O) groups is 2. The Labute approximate surface area is 218 Å². The van der Waals surface area contributed by atoms with Crippen molar-refractivity contribution in [3.8, 4) is 11.5 Å². The van der Waals surface area contributed by atoms with Crippen LogP contribution in [0.1, 0.15) is 17.5 Å². The lowest BCUT2D eigenvalue weighted by atomic mass is 10.2. The predicted octanol–water partition coefficient (Wildman–Crippen LogP) is 5.93. The summed E-state index contributed by atoms with van der Waals surface area (Å²) >= 11 is 12.7. The Kier molecular flexibility index (Phi) is 9.50. The molecule has 7 nitrogen and oxygen atoms in total. The Morgan fingerprint density at radius 2 is 1.74 bits per heavy atom. The van der Waals surface area contributed by atoms with Crippen LogP contribution in [0.15, 0.2) is 74.7 Å². The first-order valence-corrected chi connectivity index (χ1v) is 11.9. The van der Waals surface area contributed by atoms with Crippen LogP contribution in [-0.4, -0.2) is 25.1 Å². The Morgan fingerprint density at radius 3 is 2.41 bits per heavy atom. The van der Waals surface area contributed by atoms with Crippen molar-refractivity contribution in [2.45, 2.75) is 13.0 Å². The molecule has 0 aliphatic heterocycles. The van der Waals surface area contributed by atoms with Gasteiger partial charge in [-0.2, -0.15) is 5.10 Å². The summed E-state index contributed by atoms with van der Waals surface area (Å²) in [5, 5.41) is 7.08. The molecule has 0 aliphatic carbocycles. The highest BCUT2D eigenvalue weighted by atomic mass is 79.9. The van der Waals surface area contributed by atoms with E-state index in [0.29, 0.717) is 38.9 Å². The van der Waals surface area contributed by atoms with Gasteiger partial charge in [0.15, 0.2) is 11.5 Å². The number of nitrogens with zero attached hydrogens (tertiary/aromatic N) is 1. The molecule has 34 heavy (non-hydrogen) atoms. The van der Waals surface area contributed by atoms with Gasteiger partial charge in [-0.05, 0) is 75.6 Å². The molecule has 3 aromatic carbocycles. The summed E-state index contributed by atoms with van der Waals surface area (Å²) in [5.74, 6) is 0.0296. The van der Waals surface area contributed by atoms with Gasteiger partial charge in [-0.3, -0.25) is 9.59 Å². The Hall–Kier alpha value is -2.88. The van der Waals surface area contributed by atoms with Gasteiger partial charge >= 0.3 is 0 Å². The first-order chi connectivity index (χ1) is 16.3. The monoisotopic (exact) mass is 607 g/mol. The number of hydrazone groups is 1. The molecule has 10 heteroatoms. The summed E-state index contributed by atoms with van der Waals surface area (Å²) in [7, 11) is 1.54. The molecule has 3 aromatic rings. The molecule has 0 aromatic heterocycles. The van der Waals surface area contributed by atoms with Crippen LogP contribution in [0.5, 0.6) is 11.5 Å². The van der Waals surface area contributed by atoms with Crippen LogP contribution in [0.25, 0.3) is 0 Å². The molecular formula is C24H20Br2ClN3O4. The molecule has 0 aliphatic rings. The summed E-state index contributed by atoms with van der Waals surface area (Å²) in [6, 6.07) is 17.9. The average Bonchev–Trinajstić information content (AvgIpc) is 2.80. The van der Waals surface area contributed by atoms with Crippen molar-refractivity contribution in [3.05, 3.63) is 85.8 Å². The van der Waals surface area contributed by atoms with E-state index < -0.39 is 11.8 Å². The number of hydrogen-bond acceptors (Lipinski definition) is 5. The van der Waals surface area contributed by atoms with Gasteiger partial charge in [-0.1, -0.05) is 39.7 Å². The minimum Gasteiger partial charge on any atom is -0.493 e. The molecule has 0 unspecified atom stereocenters. The number of ether oxygens (including phenoxy) is 2. The zero-order valence-electron chi connectivity index (χ0n) is 18.0. The van der Waals surface area contributed by atoms with Crippen LogP contribution >= 0.6 is 43.5 Å². The second kappa shape index (κ2) is 12.5. The third-order valence-corrected chi connectivity index (χ3v) is 5.77. The van der Waals surface area contributed by atoms with Crippen molar-refractivity contribution in [2.75, 3.05) is 12.4 Å². The number of hydrogen-bond donors (Lipinski definition) is 2. The number of anilines is 1. The second-order valence-electron chi connectivity index (χ2n) is 6.97. The normalized spacial score (nSPS) is 10.7. The van der Waals surface area contributed by atoms with Crippen molar-refractivity contribution in [2.24, 2.45) is 5.10 Å². The fraction of sp³-hybridized carbons (Fsp3) is 0.125. The molecule has 0 saturated heterocycles. The van der Waals surface area contributed by atoms with Gasteiger partial charge in [0.2, 0.25) is 11.8 Å². The molecule has 0 spiro atoms. The Balaban J connectivity index is 1.55. The predicted molar refractivity (Wildman–Crippen MR) is 140 cm³/mol. The summed E-state index contributed by atoms with van der Waals surface area (Å²) in [5.41, 5.74) is 4.55. The Bertz CT molecular complexity index is 1190. The lowest BCUT2D eigenvalue weighted by Gasteiger charge is -2.13. The van der Waals surface area contributed by atoms with Gasteiger partial charge in [0, 0.05) is 15.2 Å². The molecule has 2 amide bonds. The van der Waals surface area contributed by atoms with Crippen molar-refractivity contribution in [3.63, 3.8) is 0 Å². The van der Waals surface area contributed by atoms with E-state index in [-0.39, 0.29) is 6.42 Å². The van der Waals surface area contributed by atoms with Crippen LogP contribution in [0, 0.1) is 0 Å². The molecule has 0 bridgehead atoms. The van der Waals surface area contributed by atoms with E-state index in [1.54, 1.807) is 36.4 Å². The van der Waals surface area contributed by atoms with E-state index in [4.69, 9.17) is 21.1 Å². The zero-order chi connectivity index (χ0) is 24.5. The average molecular weight is 610 g/mol. The largest absolute Gasteiger partial charge is 0.493 e. The number of amides is 2. The van der Waals surface area contributed by atoms with Gasteiger partial charge in [-0.15, -0.1) is 0 Å². The highest BCUT2D eigenvalue weighted by molar-refractivity contribution is 9.10. The van der Waals surface area contributed by atoms with E-state index in [0.717, 1.165) is 10.0 Å². The second-order valence-corrected chi connectivity index (χ2v) is 9.18. The number of halogens is 3. The fourth-order valence-corrected chi connectivity index (χ4v) is 3.76. The molecule has 176 valence electrons. The van der Waals surface area contributed by atoms with Gasteiger partial charge in [0.1, 0.15) is 13.0 Å². The van der Waals surface area contributed by atoms with E-state index in [9.17, 15) is 9.59 Å². The van der Waals surface area contributed by atoms with Crippen LogP contribution in [0.4, 0.5) is 5.69 Å². The third kappa shape index (κ3) is 7.86. The van der Waals surface area contributed by atoms with Crippen LogP contribution in [-0.2, 0) is 16.2 Å². The molecular weight excluding hydrogens is 590 g/mol. The number of carbonyl (C=O) groups excluding carboxylic acids is 2. The molecule has 3 rings (SSSR count). The van der Waals surface area contributed by atoms with Crippen molar-refractivity contribution < 1.29 is 19.1 Å². The van der Waals surface area contributed by atoms with Crippen LogP contribution < -0.4 is 20.2 Å². The smallest absolute Gasteiger partial charge is 0.249 e. The van der Waals surface area contributed by atoms with E-state index in [1.165, 1.54) is 13.3 Å². The first-order valence-electron chi connectivity index (χ1n) is 9.96.